The first-order valence-corrected chi connectivity index (χ1v) is 10.8. The normalized spacial score (nSPS) is 14.8. The number of anilines is 1. The van der Waals surface area contributed by atoms with Crippen LogP contribution in [0.15, 0.2) is 84.1 Å². The van der Waals surface area contributed by atoms with Gasteiger partial charge in [-0.05, 0) is 34.4 Å². The molecule has 0 atom stereocenters. The summed E-state index contributed by atoms with van der Waals surface area (Å²) in [4.78, 5) is 37.3. The lowest BCUT2D eigenvalue weighted by atomic mass is 9.79. The predicted octanol–water partition coefficient (Wildman–Crippen LogP) is 3.64. The van der Waals surface area contributed by atoms with Gasteiger partial charge in [0.2, 0.25) is 6.19 Å². The first-order valence-electron chi connectivity index (χ1n) is 10.8. The topological polar surface area (TPSA) is 126 Å². The van der Waals surface area contributed by atoms with Gasteiger partial charge in [-0.3, -0.25) is 15.1 Å². The molecule has 3 aromatic carbocycles. The van der Waals surface area contributed by atoms with E-state index in [4.69, 9.17) is 9.47 Å². The van der Waals surface area contributed by atoms with Gasteiger partial charge in [-0.1, -0.05) is 48.5 Å². The summed E-state index contributed by atoms with van der Waals surface area (Å²) in [6.45, 7) is 0. The van der Waals surface area contributed by atoms with Crippen molar-refractivity contribution in [2.75, 3.05) is 19.2 Å². The van der Waals surface area contributed by atoms with Crippen LogP contribution in [0.25, 0.3) is 11.1 Å². The predicted molar refractivity (Wildman–Crippen MR) is 127 cm³/mol. The second-order valence-electron chi connectivity index (χ2n) is 8.01. The summed E-state index contributed by atoms with van der Waals surface area (Å²) < 4.78 is 10.1. The van der Waals surface area contributed by atoms with E-state index in [9.17, 15) is 25.0 Å². The highest BCUT2D eigenvalue weighted by Crippen LogP contribution is 2.60. The molecule has 0 saturated heterocycles. The van der Waals surface area contributed by atoms with E-state index in [1.807, 2.05) is 42.6 Å². The summed E-state index contributed by atoms with van der Waals surface area (Å²) >= 11 is 0. The molecule has 0 amide bonds. The fourth-order valence-corrected chi connectivity index (χ4v) is 5.09. The first kappa shape index (κ1) is 22.6. The van der Waals surface area contributed by atoms with E-state index in [0.29, 0.717) is 16.8 Å². The highest BCUT2D eigenvalue weighted by Gasteiger charge is 2.62. The van der Waals surface area contributed by atoms with Crippen molar-refractivity contribution >= 4 is 23.3 Å². The molecule has 0 fully saturated rings. The number of ether oxygens (including phenoxy) is 2. The van der Waals surface area contributed by atoms with Crippen LogP contribution in [0.1, 0.15) is 11.1 Å². The Kier molecular flexibility index (Phi) is 5.18. The molecule has 0 aromatic heterocycles. The Morgan fingerprint density at radius 1 is 0.889 bits per heavy atom. The monoisotopic (exact) mass is 482 g/mol. The van der Waals surface area contributed by atoms with Crippen molar-refractivity contribution in [2.24, 2.45) is 0 Å². The summed E-state index contributed by atoms with van der Waals surface area (Å²) in [6.07, 6.45) is 2.00. The van der Waals surface area contributed by atoms with Crippen LogP contribution in [0.4, 0.5) is 11.4 Å². The molecule has 10 nitrogen and oxygen atoms in total. The van der Waals surface area contributed by atoms with Crippen LogP contribution in [0, 0.1) is 21.6 Å². The van der Waals surface area contributed by atoms with Crippen molar-refractivity contribution in [3.8, 4) is 17.3 Å². The maximum absolute atomic E-state index is 13.5. The number of methoxy groups -OCH3 is 2. The minimum absolute atomic E-state index is 0.103. The zero-order valence-corrected chi connectivity index (χ0v) is 19.2. The van der Waals surface area contributed by atoms with Crippen molar-refractivity contribution in [3.05, 3.63) is 105 Å². The van der Waals surface area contributed by atoms with Gasteiger partial charge in [0.25, 0.3) is 5.69 Å². The van der Waals surface area contributed by atoms with Gasteiger partial charge in [0.15, 0.2) is 5.70 Å². The number of hydrazine groups is 1. The Morgan fingerprint density at radius 3 is 1.89 bits per heavy atom. The quantitative estimate of drug-likeness (QED) is 0.237. The number of non-ortho nitro benzene ring substituents is 1. The van der Waals surface area contributed by atoms with Crippen LogP contribution in [0.3, 0.4) is 0 Å². The van der Waals surface area contributed by atoms with Gasteiger partial charge in [0, 0.05) is 12.1 Å². The molecule has 36 heavy (non-hydrogen) atoms. The lowest BCUT2D eigenvalue weighted by Crippen LogP contribution is -2.50. The molecule has 2 aliphatic rings. The minimum Gasteiger partial charge on any atom is -0.466 e. The van der Waals surface area contributed by atoms with Crippen LogP contribution in [0.5, 0.6) is 0 Å². The molecule has 178 valence electrons. The number of esters is 2. The molecule has 1 heterocycles. The zero-order valence-electron chi connectivity index (χ0n) is 19.2. The Hall–Kier alpha value is -5.17. The summed E-state index contributed by atoms with van der Waals surface area (Å²) in [5, 5.41) is 24.1. The van der Waals surface area contributed by atoms with Crippen molar-refractivity contribution < 1.29 is 24.0 Å². The maximum Gasteiger partial charge on any atom is 0.358 e. The standard InChI is InChI=1S/C26H18N4O6/c1-35-24(31)22-23(25(32)36-2)28(15-27)29(16-11-13-17(14-12-16)30(33)34)26(22)20-9-5-3-7-18(20)19-8-4-6-10-21(19)26/h3-14H,1-2H3. The van der Waals surface area contributed by atoms with E-state index in [1.54, 1.807) is 12.1 Å². The van der Waals surface area contributed by atoms with E-state index in [0.717, 1.165) is 23.2 Å². The Morgan fingerprint density at radius 2 is 1.42 bits per heavy atom. The van der Waals surface area contributed by atoms with Gasteiger partial charge < -0.3 is 9.47 Å². The van der Waals surface area contributed by atoms with Crippen LogP contribution >= 0.6 is 0 Å². The van der Waals surface area contributed by atoms with Crippen molar-refractivity contribution in [2.45, 2.75) is 5.54 Å². The average Bonchev–Trinajstić information content (AvgIpc) is 3.39. The lowest BCUT2D eigenvalue weighted by Gasteiger charge is -2.41. The van der Waals surface area contributed by atoms with E-state index in [2.05, 4.69) is 0 Å². The van der Waals surface area contributed by atoms with E-state index >= 15 is 0 Å². The molecule has 1 aliphatic carbocycles. The molecule has 1 aliphatic heterocycles. The molecule has 0 radical (unpaired) electrons. The summed E-state index contributed by atoms with van der Waals surface area (Å²) in [7, 11) is 2.34. The van der Waals surface area contributed by atoms with Gasteiger partial charge in [0.05, 0.1) is 24.8 Å². The number of hydrogen-bond donors (Lipinski definition) is 0. The first-order chi connectivity index (χ1) is 17.4. The van der Waals surface area contributed by atoms with Crippen LogP contribution < -0.4 is 5.01 Å². The maximum atomic E-state index is 13.5. The third-order valence-corrected chi connectivity index (χ3v) is 6.42. The second kappa shape index (κ2) is 8.25. The van der Waals surface area contributed by atoms with Gasteiger partial charge in [0.1, 0.15) is 11.1 Å². The van der Waals surface area contributed by atoms with Crippen LogP contribution in [-0.4, -0.2) is 36.1 Å². The number of nitro benzene ring substituents is 1. The largest absolute Gasteiger partial charge is 0.466 e. The van der Waals surface area contributed by atoms with Crippen molar-refractivity contribution in [1.82, 2.24) is 5.01 Å². The zero-order chi connectivity index (χ0) is 25.6. The smallest absolute Gasteiger partial charge is 0.358 e. The van der Waals surface area contributed by atoms with E-state index in [-0.39, 0.29) is 17.0 Å². The van der Waals surface area contributed by atoms with Gasteiger partial charge in [-0.25, -0.2) is 9.59 Å². The van der Waals surface area contributed by atoms with Crippen LogP contribution in [-0.2, 0) is 24.6 Å². The number of nitriles is 1. The number of carbonyl (C=O) groups excluding carboxylic acids is 2. The fraction of sp³-hybridized carbons (Fsp3) is 0.115. The summed E-state index contributed by atoms with van der Waals surface area (Å²) in [5.74, 6) is -1.74. The number of nitrogens with zero attached hydrogens (tertiary/aromatic N) is 4. The molecule has 3 aromatic rings. The van der Waals surface area contributed by atoms with E-state index < -0.39 is 22.4 Å². The second-order valence-corrected chi connectivity index (χ2v) is 8.01. The number of rotatable bonds is 4. The number of hydrogen-bond acceptors (Lipinski definition) is 9. The third kappa shape index (κ3) is 2.83. The summed E-state index contributed by atoms with van der Waals surface area (Å²) in [5.41, 5.74) is 1.11. The van der Waals surface area contributed by atoms with Gasteiger partial charge in [-0.15, -0.1) is 0 Å². The molecule has 0 N–H and O–H groups in total. The van der Waals surface area contributed by atoms with E-state index in [1.165, 1.54) is 36.4 Å². The molecule has 0 unspecified atom stereocenters. The highest BCUT2D eigenvalue weighted by atomic mass is 16.6. The van der Waals surface area contributed by atoms with Crippen molar-refractivity contribution in [3.63, 3.8) is 0 Å². The van der Waals surface area contributed by atoms with Gasteiger partial charge >= 0.3 is 11.9 Å². The third-order valence-electron chi connectivity index (χ3n) is 6.42. The molecule has 0 saturated carbocycles. The molecule has 10 heteroatoms. The molecule has 5 rings (SSSR count). The highest BCUT2D eigenvalue weighted by molar-refractivity contribution is 6.07. The summed E-state index contributed by atoms with van der Waals surface area (Å²) in [6, 6.07) is 20.2. The van der Waals surface area contributed by atoms with Crippen molar-refractivity contribution in [1.29, 1.82) is 5.26 Å². The number of fused-ring (bicyclic) bond motifs is 5. The Bertz CT molecular complexity index is 1460. The fourth-order valence-electron chi connectivity index (χ4n) is 5.09. The Labute approximate surface area is 205 Å². The van der Waals surface area contributed by atoms with Gasteiger partial charge in [-0.2, -0.15) is 10.3 Å². The molecule has 1 spiro atoms. The molecular formula is C26H18N4O6. The lowest BCUT2D eigenvalue weighted by molar-refractivity contribution is -0.384. The SMILES string of the molecule is COC(=O)C1=C(C(=O)OC)C2(c3ccccc3-c3ccccc32)N(c2ccc([N+](=O)[O-])cc2)N1C#N. The number of benzene rings is 3. The molecule has 0 bridgehead atoms. The van der Waals surface area contributed by atoms with Crippen LogP contribution in [0.2, 0.25) is 0 Å². The Balaban J connectivity index is 1.95. The number of nitro groups is 1. The average molecular weight is 482 g/mol. The molecular weight excluding hydrogens is 464 g/mol. The minimum atomic E-state index is -1.50. The number of carbonyl (C=O) groups is 2.